The van der Waals surface area contributed by atoms with Crippen LogP contribution in [0.3, 0.4) is 0 Å². The minimum atomic E-state index is -3.41. The molecule has 0 radical (unpaired) electrons. The Morgan fingerprint density at radius 3 is 0.887 bits per heavy atom. The van der Waals surface area contributed by atoms with E-state index in [9.17, 15) is 71.7 Å². The SMILES string of the molecule is CCS(=O)(=O)NC1C2CC3CC1CC(C(O)CC1c4c(F)cccc4-c4cncn41)(C3)C2.O=S(=O)(CC1CC1)NC1C2CC3CC1CC(C(O)CC1c4c(F)cccc4-c4cncn41)(C3)C2.O=S(=O)(CC1CCCCC1)NC1C2CC3CC1CC(C(O)CC1c4c(F)cccc4-c4cncn41)(C3)C2.O=S(=O)(CCc1ccccc1)NC1C2CC3CC1CC(C(O)CC1c4c(F)cccc4-c4cncn41)(C3)C2. The van der Waals surface area contributed by atoms with E-state index in [2.05, 4.69) is 38.8 Å². The number of aliphatic hydroxyl groups excluding tert-OH is 4. The average Bonchev–Trinajstić information content (AvgIpc) is 1.25. The lowest BCUT2D eigenvalue weighted by Gasteiger charge is -2.61. The molecule has 18 saturated carbocycles. The average molecular weight is 2010 g/mol. The Morgan fingerprint density at radius 2 is 0.610 bits per heavy atom. The third kappa shape index (κ3) is 17.4. The zero-order valence-corrected chi connectivity index (χ0v) is 83.4. The van der Waals surface area contributed by atoms with Gasteiger partial charge in [0.25, 0.3) is 0 Å². The van der Waals surface area contributed by atoms with E-state index in [0.29, 0.717) is 89.9 Å². The van der Waals surface area contributed by atoms with Gasteiger partial charge in [0.05, 0.1) is 144 Å². The van der Waals surface area contributed by atoms with Gasteiger partial charge in [0.1, 0.15) is 23.3 Å². The largest absolute Gasteiger partial charge is 0.392 e. The van der Waals surface area contributed by atoms with Gasteiger partial charge >= 0.3 is 0 Å². The van der Waals surface area contributed by atoms with E-state index in [0.717, 1.165) is 218 Å². The van der Waals surface area contributed by atoms with Gasteiger partial charge in [-0.3, -0.25) is 0 Å². The number of hydrogen-bond donors (Lipinski definition) is 8. The Hall–Kier alpha value is -7.86. The molecule has 18 fully saturated rings. The topological polar surface area (TPSA) is 337 Å². The van der Waals surface area contributed by atoms with Crippen LogP contribution in [-0.4, -0.2) is 164 Å². The minimum absolute atomic E-state index is 0.00429. The zero-order chi connectivity index (χ0) is 96.9. The Morgan fingerprint density at radius 1 is 0.340 bits per heavy atom. The summed E-state index contributed by atoms with van der Waals surface area (Å²) in [4.78, 5) is 17.1. The molecule has 24 nitrogen and oxygen atoms in total. The number of imidazole rings is 4. The molecule has 0 saturated heterocycles. The molecule has 16 unspecified atom stereocenters. The van der Waals surface area contributed by atoms with Crippen molar-refractivity contribution in [3.63, 3.8) is 0 Å². The van der Waals surface area contributed by atoms with Gasteiger partial charge in [-0.15, -0.1) is 0 Å². The lowest BCUT2D eigenvalue weighted by atomic mass is 9.46. The Balaban J connectivity index is 0.000000102. The summed E-state index contributed by atoms with van der Waals surface area (Å²) in [5.41, 5.74) is 9.85. The number of aliphatic hydroxyl groups is 4. The van der Waals surface area contributed by atoms with Crippen LogP contribution in [0.25, 0.3) is 45.0 Å². The number of hydrogen-bond acceptors (Lipinski definition) is 16. The van der Waals surface area contributed by atoms with Gasteiger partial charge in [0.2, 0.25) is 40.1 Å². The van der Waals surface area contributed by atoms with Crippen LogP contribution in [0.15, 0.2) is 153 Å². The molecular weight excluding hydrogens is 1870 g/mol. The van der Waals surface area contributed by atoms with E-state index in [1.807, 2.05) is 72.9 Å². The van der Waals surface area contributed by atoms with E-state index in [4.69, 9.17) is 0 Å². The molecule has 31 rings (SSSR count). The normalized spacial score (nSPS) is 34.8. The maximum Gasteiger partial charge on any atom is 0.212 e. The molecule has 16 atom stereocenters. The molecule has 141 heavy (non-hydrogen) atoms. The van der Waals surface area contributed by atoms with Crippen molar-refractivity contribution in [2.45, 2.75) is 285 Å². The Bertz CT molecular complexity index is 6660. The number of fused-ring (bicyclic) bond motifs is 12. The summed E-state index contributed by atoms with van der Waals surface area (Å²) >= 11 is 0. The Labute approximate surface area is 825 Å². The summed E-state index contributed by atoms with van der Waals surface area (Å²) in [5, 5.41) is 46.9. The maximum absolute atomic E-state index is 15.0. The first-order valence-corrected chi connectivity index (χ1v) is 59.3. The minimum Gasteiger partial charge on any atom is -0.392 e. The van der Waals surface area contributed by atoms with Crippen molar-refractivity contribution in [3.05, 3.63) is 204 Å². The second kappa shape index (κ2) is 36.3. The van der Waals surface area contributed by atoms with E-state index in [-0.39, 0.29) is 164 Å². The highest BCUT2D eigenvalue weighted by Crippen LogP contribution is 2.68. The number of rotatable bonds is 28. The summed E-state index contributed by atoms with van der Waals surface area (Å²) in [5.74, 6) is 4.70. The third-order valence-electron chi connectivity index (χ3n) is 39.0. The molecule has 4 aromatic heterocycles. The van der Waals surface area contributed by atoms with Gasteiger partial charge in [-0.1, -0.05) is 98.1 Å². The number of nitrogens with zero attached hydrogens (tertiary/aromatic N) is 8. The van der Waals surface area contributed by atoms with Crippen molar-refractivity contribution in [1.82, 2.24) is 57.1 Å². The quantitative estimate of drug-likeness (QED) is 0.0211. The van der Waals surface area contributed by atoms with Crippen molar-refractivity contribution in [2.24, 2.45) is 105 Å². The molecule has 18 aliphatic carbocycles. The molecule has 5 aromatic carbocycles. The van der Waals surface area contributed by atoms with E-state index >= 15 is 0 Å². The van der Waals surface area contributed by atoms with E-state index in [1.165, 1.54) is 30.7 Å². The van der Waals surface area contributed by atoms with E-state index in [1.54, 1.807) is 81.3 Å². The van der Waals surface area contributed by atoms with Gasteiger partial charge in [-0.05, 0) is 327 Å². The summed E-state index contributed by atoms with van der Waals surface area (Å²) in [6.45, 7) is 1.67. The smallest absolute Gasteiger partial charge is 0.212 e. The number of aryl methyl sites for hydroxylation is 1. The highest BCUT2D eigenvalue weighted by molar-refractivity contribution is 7.90. The number of halogens is 4. The van der Waals surface area contributed by atoms with Crippen LogP contribution in [0.1, 0.15) is 258 Å². The van der Waals surface area contributed by atoms with Crippen LogP contribution < -0.4 is 18.9 Å². The first kappa shape index (κ1) is 95.4. The molecule has 4 aliphatic heterocycles. The third-order valence-corrected chi connectivity index (χ3v) is 44.9. The number of aromatic nitrogens is 8. The molecule has 0 amide bonds. The fraction of sp³-hybridized carbons (Fsp3) is 0.615. The lowest BCUT2D eigenvalue weighted by molar-refractivity contribution is -0.134. The van der Waals surface area contributed by atoms with Crippen LogP contribution in [0, 0.1) is 128 Å². The summed E-state index contributed by atoms with van der Waals surface area (Å²) < 4.78 is 183. The molecule has 16 bridgehead atoms. The molecule has 32 heteroatoms. The van der Waals surface area contributed by atoms with Crippen molar-refractivity contribution in [3.8, 4) is 45.0 Å². The molecule has 8 N–H and O–H groups in total. The molecule has 0 spiro atoms. The van der Waals surface area contributed by atoms with Gasteiger partial charge in [-0.2, -0.15) is 0 Å². The summed E-state index contributed by atoms with van der Waals surface area (Å²) in [7, 11) is -13.2. The van der Waals surface area contributed by atoms with Crippen LogP contribution in [0.5, 0.6) is 0 Å². The van der Waals surface area contributed by atoms with Gasteiger partial charge in [0, 0.05) is 68.7 Å². The van der Waals surface area contributed by atoms with Crippen LogP contribution >= 0.6 is 0 Å². The molecule has 22 aliphatic rings. The predicted octanol–water partition coefficient (Wildman–Crippen LogP) is 17.1. The standard InChI is InChI=1S/C30H34FN3O3S.C29H38FN3O3S.C26H32FN3O3S.C24H30FN3O3S/c31-24-8-4-7-23-26-17-32-18-34(26)25(28(23)24)13-27(35)30-14-20-11-21(15-30)29(22(12-20)16-30)33-38(36,37)10-9-19-5-2-1-3-6-19;30-23-8-4-7-22-25-15-31-17-33(25)24(27(22)23)11-26(34)29-12-19-9-20(13-29)28(21(10-19)14-29)32-37(35,36)16-18-5-2-1-3-6-18;27-20-3-1-2-19-22-12-28-14-30(22)21(24(19)20)8-23(31)26-9-16-6-17(10-26)25(18(7-16)11-26)29-34(32,33)13-15-4-5-15;1-2-32(30,31)27-23-15-6-14-7-16(23)11-24(9-14,10-15)21(29)8-19-22-17(4-3-5-18(22)25)20-12-26-13-28(19)20/h1-8,17-18,20-22,25,27,29,33,35H,9-16H2;4,7-8,15,17-21,24,26,28,32,34H,1-3,5-6,9-14,16H2;1-3,12,14-18,21,23,25,29,31H,4-11,13H2;3-5,12-16,19,21,23,27,29H,2,6-11H2,1H3. The number of nitrogens with one attached hydrogen (secondary N) is 4. The predicted molar refractivity (Wildman–Crippen MR) is 527 cm³/mol. The zero-order valence-electron chi connectivity index (χ0n) is 80.2. The maximum atomic E-state index is 15.0. The van der Waals surface area contributed by atoms with Crippen molar-refractivity contribution >= 4 is 40.1 Å². The van der Waals surface area contributed by atoms with Crippen LogP contribution in [-0.2, 0) is 46.5 Å². The number of sulfonamides is 4. The highest BCUT2D eigenvalue weighted by Gasteiger charge is 2.64. The number of benzene rings is 5. The second-order valence-corrected chi connectivity index (χ2v) is 55.0. The fourth-order valence-electron chi connectivity index (χ4n) is 33.7. The van der Waals surface area contributed by atoms with Crippen molar-refractivity contribution < 1.29 is 71.7 Å². The molecule has 8 heterocycles. The Kier molecular flexibility index (Phi) is 24.6. The second-order valence-electron chi connectivity index (χ2n) is 47.5. The lowest BCUT2D eigenvalue weighted by Crippen LogP contribution is -2.62. The van der Waals surface area contributed by atoms with Gasteiger partial charge < -0.3 is 38.7 Å². The summed E-state index contributed by atoms with van der Waals surface area (Å²) in [6, 6.07) is 29.2. The van der Waals surface area contributed by atoms with Gasteiger partial charge in [-0.25, -0.2) is 90.1 Å². The first-order chi connectivity index (χ1) is 67.8. The van der Waals surface area contributed by atoms with E-state index < -0.39 is 64.5 Å². The highest BCUT2D eigenvalue weighted by atomic mass is 32.2. The van der Waals surface area contributed by atoms with Crippen molar-refractivity contribution in [1.29, 1.82) is 0 Å². The molecule has 9 aromatic rings. The fourth-order valence-corrected chi connectivity index (χ4v) is 39.8. The molecule has 754 valence electrons. The monoisotopic (exact) mass is 2010 g/mol. The van der Waals surface area contributed by atoms with Crippen LogP contribution in [0.4, 0.5) is 17.6 Å². The summed E-state index contributed by atoms with van der Waals surface area (Å²) in [6.07, 6.45) is 40.7. The first-order valence-electron chi connectivity index (χ1n) is 52.7. The molecular formula is C109H134F4N12O12S4. The van der Waals surface area contributed by atoms with Crippen LogP contribution in [0.2, 0.25) is 0 Å². The van der Waals surface area contributed by atoms with Gasteiger partial charge in [0.15, 0.2) is 0 Å². The van der Waals surface area contributed by atoms with Crippen molar-refractivity contribution in [2.75, 3.05) is 23.0 Å².